The van der Waals surface area contributed by atoms with E-state index in [2.05, 4.69) is 0 Å². The standard InChI is InChI=1S/BH3.Ce.Co.Ni/h1H3;;;. The molecule has 0 spiro atoms. The number of hydrogen-bond donors (Lipinski definition) is 0. The molecule has 0 aliphatic rings. The van der Waals surface area contributed by atoms with E-state index in [0.717, 1.165) is 0 Å². The zero-order valence-corrected chi connectivity index (χ0v) is 6.32. The summed E-state index contributed by atoms with van der Waals surface area (Å²) >= 11 is 0. The summed E-state index contributed by atoms with van der Waals surface area (Å²) in [6, 6.07) is 0. The first-order valence-electron chi connectivity index (χ1n) is 0. The molecule has 0 nitrogen and oxygen atoms in total. The summed E-state index contributed by atoms with van der Waals surface area (Å²) in [6.45, 7) is 0. The van der Waals surface area contributed by atoms with Gasteiger partial charge < -0.3 is 0 Å². The van der Waals surface area contributed by atoms with Gasteiger partial charge in [0.2, 0.25) is 0 Å². The van der Waals surface area contributed by atoms with Crippen molar-refractivity contribution in [1.29, 1.82) is 0 Å². The molecule has 0 bridgehead atoms. The molecule has 0 amide bonds. The van der Waals surface area contributed by atoms with Gasteiger partial charge in [-0.05, 0) is 0 Å². The maximum absolute atomic E-state index is 0. The maximum atomic E-state index is 0. The van der Waals surface area contributed by atoms with Crippen LogP contribution in [0.1, 0.15) is 0 Å². The van der Waals surface area contributed by atoms with Gasteiger partial charge in [-0.2, -0.15) is 0 Å². The third-order valence-corrected chi connectivity index (χ3v) is 0. The zero-order valence-electron chi connectivity index (χ0n) is 1.15. The van der Waals surface area contributed by atoms with Crippen molar-refractivity contribution in [2.45, 2.75) is 0 Å². The molecule has 4 heteroatoms. The summed E-state index contributed by atoms with van der Waals surface area (Å²) in [4.78, 5) is 0. The van der Waals surface area contributed by atoms with Crippen LogP contribution in [0.15, 0.2) is 0 Å². The Kier molecular flexibility index (Phi) is 144. The van der Waals surface area contributed by atoms with Crippen molar-refractivity contribution in [2.75, 3.05) is 0 Å². The van der Waals surface area contributed by atoms with E-state index in [1.165, 1.54) is 0 Å². The molecule has 0 aromatic rings. The second kappa shape index (κ2) is 18.0. The van der Waals surface area contributed by atoms with Crippen LogP contribution in [0.5, 0.6) is 0 Å². The van der Waals surface area contributed by atoms with Crippen molar-refractivity contribution in [2.24, 2.45) is 0 Å². The van der Waals surface area contributed by atoms with E-state index in [0.29, 0.717) is 0 Å². The molecule has 0 N–H and O–H groups in total. The fourth-order valence-electron chi connectivity index (χ4n) is 0. The molecule has 0 aliphatic heterocycles. The van der Waals surface area contributed by atoms with Gasteiger partial charge in [-0.15, -0.1) is 0 Å². The Morgan fingerprint density at radius 1 is 1.00 bits per heavy atom. The fraction of sp³-hybridized carbons (Fsp3) is 0. The van der Waals surface area contributed by atoms with Crippen molar-refractivity contribution in [3.8, 4) is 0 Å². The largest absolute Gasteiger partial charge is 0.0814 e. The summed E-state index contributed by atoms with van der Waals surface area (Å²) < 4.78 is 0. The van der Waals surface area contributed by atoms with E-state index >= 15 is 0 Å². The Hall–Kier alpha value is 2.44. The van der Waals surface area contributed by atoms with Gasteiger partial charge in [0.05, 0.1) is 8.41 Å². The molecular formula is H3BCeCoNi. The average Bonchev–Trinajstić information content (AvgIpc) is 0. The predicted molar refractivity (Wildman–Crippen MR) is 9.94 cm³/mol. The van der Waals surface area contributed by atoms with Crippen LogP contribution in [0.3, 0.4) is 0 Å². The molecule has 0 saturated carbocycles. The van der Waals surface area contributed by atoms with Crippen LogP contribution >= 0.6 is 0 Å². The molecule has 0 aromatic carbocycles. The molecule has 29 valence electrons. The van der Waals surface area contributed by atoms with E-state index in [9.17, 15) is 0 Å². The third kappa shape index (κ3) is 8.82. The van der Waals surface area contributed by atoms with Gasteiger partial charge >= 0.3 is 0 Å². The minimum absolute atomic E-state index is 0. The van der Waals surface area contributed by atoms with Crippen LogP contribution in [0.25, 0.3) is 0 Å². The summed E-state index contributed by atoms with van der Waals surface area (Å²) in [5, 5.41) is 0. The predicted octanol–water partition coefficient (Wildman–Crippen LogP) is -1.19. The second-order valence-corrected chi connectivity index (χ2v) is 0. The quantitative estimate of drug-likeness (QED) is 0.486. The molecule has 0 heterocycles. The molecule has 0 aliphatic carbocycles. The Morgan fingerprint density at radius 3 is 1.00 bits per heavy atom. The van der Waals surface area contributed by atoms with Crippen LogP contribution in [0.2, 0.25) is 0 Å². The van der Waals surface area contributed by atoms with Crippen molar-refractivity contribution >= 4 is 8.41 Å². The molecule has 1 radical (unpaired) electrons. The summed E-state index contributed by atoms with van der Waals surface area (Å²) in [7, 11) is 0. The molecule has 0 aromatic heterocycles. The van der Waals surface area contributed by atoms with Gasteiger partial charge in [0.15, 0.2) is 0 Å². The monoisotopic (exact) mass is 271 g/mol. The van der Waals surface area contributed by atoms with Gasteiger partial charge in [-0.1, -0.05) is 0 Å². The third-order valence-electron chi connectivity index (χ3n) is 0. The summed E-state index contributed by atoms with van der Waals surface area (Å²) in [5.41, 5.74) is 0. The molecule has 0 atom stereocenters. The smallest absolute Gasteiger partial charge is 0 e. The normalized spacial score (nSPS) is 0. The zero-order chi connectivity index (χ0) is 0. The van der Waals surface area contributed by atoms with Gasteiger partial charge in [0, 0.05) is 75.0 Å². The van der Waals surface area contributed by atoms with Gasteiger partial charge in [-0.3, -0.25) is 0 Å². The first-order valence-corrected chi connectivity index (χ1v) is 0. The van der Waals surface area contributed by atoms with Crippen molar-refractivity contribution < 1.29 is 75.0 Å². The van der Waals surface area contributed by atoms with Crippen LogP contribution in [-0.2, 0) is 33.3 Å². The summed E-state index contributed by atoms with van der Waals surface area (Å²) in [6.07, 6.45) is 0. The minimum atomic E-state index is 0. The van der Waals surface area contributed by atoms with E-state index < -0.39 is 0 Å². The van der Waals surface area contributed by atoms with Crippen LogP contribution < -0.4 is 0 Å². The van der Waals surface area contributed by atoms with E-state index in [1.807, 2.05) is 0 Å². The Bertz CT molecular complexity index is 8.00. The Balaban J connectivity index is 0. The van der Waals surface area contributed by atoms with E-state index in [-0.39, 0.29) is 83.4 Å². The number of hydrogen-bond acceptors (Lipinski definition) is 0. The first-order chi connectivity index (χ1) is 0. The van der Waals surface area contributed by atoms with Crippen molar-refractivity contribution in [3.63, 3.8) is 0 Å². The van der Waals surface area contributed by atoms with Gasteiger partial charge in [0.25, 0.3) is 0 Å². The van der Waals surface area contributed by atoms with E-state index in [1.54, 1.807) is 0 Å². The molecule has 0 saturated heterocycles. The topological polar surface area (TPSA) is 0 Å². The van der Waals surface area contributed by atoms with Crippen molar-refractivity contribution in [1.82, 2.24) is 0 Å². The molecule has 4 heavy (non-hydrogen) atoms. The van der Waals surface area contributed by atoms with Gasteiger partial charge in [-0.25, -0.2) is 0 Å². The molecule has 0 fully saturated rings. The molecule has 0 rings (SSSR count). The Morgan fingerprint density at radius 2 is 1.00 bits per heavy atom. The van der Waals surface area contributed by atoms with Crippen LogP contribution in [0, 0.1) is 41.7 Å². The molecule has 0 unspecified atom stereocenters. The second-order valence-electron chi connectivity index (χ2n) is 0. The van der Waals surface area contributed by atoms with Crippen LogP contribution in [0.4, 0.5) is 0 Å². The average molecular weight is 272 g/mol. The Labute approximate surface area is 81.9 Å². The first kappa shape index (κ1) is 32.0. The van der Waals surface area contributed by atoms with Crippen molar-refractivity contribution in [3.05, 3.63) is 0 Å². The van der Waals surface area contributed by atoms with Crippen LogP contribution in [-0.4, -0.2) is 8.41 Å². The molecular weight excluding hydrogens is 269 g/mol. The summed E-state index contributed by atoms with van der Waals surface area (Å²) in [5.74, 6) is 0. The van der Waals surface area contributed by atoms with Gasteiger partial charge in [0.1, 0.15) is 0 Å². The van der Waals surface area contributed by atoms with E-state index in [4.69, 9.17) is 0 Å². The SMILES string of the molecule is B.[Ce].[Co].[Ni]. The fourth-order valence-corrected chi connectivity index (χ4v) is 0. The number of rotatable bonds is 0. The minimum Gasteiger partial charge on any atom is 0 e. The maximum Gasteiger partial charge on any atom is 0.0814 e.